The number of fused-ring (bicyclic) bond motifs is 10. The van der Waals surface area contributed by atoms with E-state index in [0.717, 1.165) is 117 Å². The van der Waals surface area contributed by atoms with Gasteiger partial charge in [0.25, 0.3) is 13.4 Å². The van der Waals surface area contributed by atoms with Crippen LogP contribution in [0.25, 0.3) is 0 Å². The van der Waals surface area contributed by atoms with Crippen LogP contribution in [0.1, 0.15) is 155 Å². The molecule has 2 aliphatic carbocycles. The summed E-state index contributed by atoms with van der Waals surface area (Å²) in [6.07, 6.45) is 4.49. The van der Waals surface area contributed by atoms with Crippen LogP contribution < -0.4 is 60.2 Å². The van der Waals surface area contributed by atoms with E-state index in [9.17, 15) is 0 Å². The molecule has 9 aromatic rings. The van der Waals surface area contributed by atoms with E-state index >= 15 is 0 Å². The Hall–Kier alpha value is -7.13. The molecule has 0 spiro atoms. The number of benzene rings is 7. The number of anilines is 6. The third-order valence-electron chi connectivity index (χ3n) is 19.6. The molecule has 0 N–H and O–H groups in total. The quantitative estimate of drug-likeness (QED) is 0.155. The van der Waals surface area contributed by atoms with E-state index in [2.05, 4.69) is 192 Å². The highest BCUT2D eigenvalue weighted by atomic mass is 32.1. The summed E-state index contributed by atoms with van der Waals surface area (Å²) in [6.45, 7) is 33.1. The lowest BCUT2D eigenvalue weighted by molar-refractivity contribution is 0.332. The molecule has 7 aromatic carbocycles. The second kappa shape index (κ2) is 18.2. The van der Waals surface area contributed by atoms with E-state index in [1.165, 1.54) is 52.5 Å². The van der Waals surface area contributed by atoms with Crippen molar-refractivity contribution in [3.63, 3.8) is 0 Å². The first-order valence-electron chi connectivity index (χ1n) is 30.4. The van der Waals surface area contributed by atoms with Crippen molar-refractivity contribution >= 4 is 102 Å². The summed E-state index contributed by atoms with van der Waals surface area (Å²) in [5.74, 6) is 6.49. The Morgan fingerprint density at radius 3 is 1.15 bits per heavy atom. The summed E-state index contributed by atoms with van der Waals surface area (Å²) >= 11 is 3.81. The average molecular weight is 1140 g/mol. The summed E-state index contributed by atoms with van der Waals surface area (Å²) in [7, 11) is 0. The highest BCUT2D eigenvalue weighted by Crippen LogP contribution is 2.54. The molecule has 0 radical (unpaired) electrons. The molecule has 0 saturated heterocycles. The van der Waals surface area contributed by atoms with E-state index in [1.54, 1.807) is 0 Å². The number of nitrogens with zero attached hydrogens (tertiary/aromatic N) is 2. The Kier molecular flexibility index (Phi) is 11.6. The van der Waals surface area contributed by atoms with Crippen molar-refractivity contribution in [3.05, 3.63) is 178 Å². The summed E-state index contributed by atoms with van der Waals surface area (Å²) in [4.78, 5) is 7.72. The maximum atomic E-state index is 7.31. The molecule has 6 aliphatic rings. The SMILES string of the molecule is CC(C)(C)c1cc2c(s1)B1c3cc4c(cc3N(c3ccc5c(c3)C(C)(C)CCC5(C)C)c3cc(Oc5ccccc5)cc(c31)O2)N(c1ccc2c(c1)C(C)(C)CCC2(C)C)c1cc(Oc2ccccc2)cc2c1B4c1sc(C(C)(C)C)cc1O2. The van der Waals surface area contributed by atoms with E-state index in [-0.39, 0.29) is 45.9 Å². The van der Waals surface area contributed by atoms with Crippen molar-refractivity contribution in [2.75, 3.05) is 9.80 Å². The maximum Gasteiger partial charge on any atom is 0.268 e. The average Bonchev–Trinajstić information content (AvgIpc) is 1.05. The van der Waals surface area contributed by atoms with Crippen LogP contribution in [0.15, 0.2) is 146 Å². The van der Waals surface area contributed by atoms with Gasteiger partial charge in [0, 0.05) is 77.7 Å². The van der Waals surface area contributed by atoms with Crippen molar-refractivity contribution in [2.24, 2.45) is 0 Å². The zero-order chi connectivity index (χ0) is 58.4. The van der Waals surface area contributed by atoms with Crippen molar-refractivity contribution in [2.45, 2.75) is 155 Å². The Morgan fingerprint density at radius 2 is 0.774 bits per heavy atom. The van der Waals surface area contributed by atoms with Gasteiger partial charge in [-0.2, -0.15) is 0 Å². The van der Waals surface area contributed by atoms with Crippen LogP contribution in [0.3, 0.4) is 0 Å². The predicted molar refractivity (Wildman–Crippen MR) is 355 cm³/mol. The fraction of sp³-hybridized carbons (Fsp3) is 0.324. The first-order chi connectivity index (χ1) is 39.8. The molecule has 10 heteroatoms. The number of hydrogen-bond acceptors (Lipinski definition) is 8. The van der Waals surface area contributed by atoms with Gasteiger partial charge in [-0.25, -0.2) is 0 Å². The lowest BCUT2D eigenvalue weighted by atomic mass is 9.33. The Bertz CT molecular complexity index is 3950. The molecular weight excluding hydrogens is 1070 g/mol. The van der Waals surface area contributed by atoms with Crippen molar-refractivity contribution in [1.29, 1.82) is 0 Å². The molecule has 6 heterocycles. The molecule has 0 atom stereocenters. The number of para-hydroxylation sites is 2. The molecule has 0 fully saturated rings. The molecule has 0 bridgehead atoms. The Balaban J connectivity index is 1.06. The first kappa shape index (κ1) is 53.6. The summed E-state index contributed by atoms with van der Waals surface area (Å²) in [5.41, 5.74) is 16.9. The van der Waals surface area contributed by atoms with Crippen LogP contribution in [0.5, 0.6) is 46.0 Å². The first-order valence-corrected chi connectivity index (χ1v) is 32.0. The minimum absolute atomic E-state index is 0.0339. The Labute approximate surface area is 506 Å². The monoisotopic (exact) mass is 1140 g/mol. The maximum absolute atomic E-state index is 7.31. The summed E-state index contributed by atoms with van der Waals surface area (Å²) in [5, 5.41) is 0. The number of hydrogen-bond donors (Lipinski definition) is 0. The minimum Gasteiger partial charge on any atom is -0.457 e. The van der Waals surface area contributed by atoms with Gasteiger partial charge >= 0.3 is 0 Å². The van der Waals surface area contributed by atoms with Gasteiger partial charge in [0.15, 0.2) is 0 Å². The van der Waals surface area contributed by atoms with Gasteiger partial charge in [0.2, 0.25) is 0 Å². The standard InChI is InChI=1S/C74H74B2N2O4S2/c1-69(2,3)63-41-61-67(83-63)75-53-39-54-56(40-55(53)77(43-25-27-49-51(33-43)73(11,12)31-29-71(49,7)8)57-35-47(37-59(81-61)65(57)75)79-45-21-17-15-18-22-45)78(44-26-28-50-52(34-44)74(13,14)32-30-72(50,9)10)58-36-48(80-46-23-19-16-20-24-46)38-60-66(58)76(54)68-62(82-60)42-64(84-68)70(4,5)6/h15-28,33-42H,29-32H2,1-14H3. The predicted octanol–water partition coefficient (Wildman–Crippen LogP) is 17.5. The highest BCUT2D eigenvalue weighted by Gasteiger charge is 2.50. The van der Waals surface area contributed by atoms with Crippen molar-refractivity contribution in [3.8, 4) is 46.0 Å². The summed E-state index contributed by atoms with van der Waals surface area (Å²) < 4.78 is 30.9. The molecule has 0 saturated carbocycles. The van der Waals surface area contributed by atoms with Crippen LogP contribution >= 0.6 is 22.7 Å². The van der Waals surface area contributed by atoms with Crippen LogP contribution in [0.4, 0.5) is 34.1 Å². The van der Waals surface area contributed by atoms with Crippen LogP contribution in [-0.4, -0.2) is 13.4 Å². The molecule has 2 aromatic heterocycles. The molecular formula is C74H74B2N2O4S2. The lowest BCUT2D eigenvalue weighted by Crippen LogP contribution is -2.63. The smallest absolute Gasteiger partial charge is 0.268 e. The van der Waals surface area contributed by atoms with Crippen LogP contribution in [-0.2, 0) is 32.5 Å². The third kappa shape index (κ3) is 8.37. The molecule has 4 aliphatic heterocycles. The molecule has 6 nitrogen and oxygen atoms in total. The van der Waals surface area contributed by atoms with E-state index in [4.69, 9.17) is 18.9 Å². The van der Waals surface area contributed by atoms with Crippen molar-refractivity contribution in [1.82, 2.24) is 0 Å². The Morgan fingerprint density at radius 1 is 0.393 bits per heavy atom. The van der Waals surface area contributed by atoms with Gasteiger partial charge in [-0.15, -0.1) is 22.7 Å². The van der Waals surface area contributed by atoms with Crippen LogP contribution in [0, 0.1) is 0 Å². The van der Waals surface area contributed by atoms with Gasteiger partial charge in [-0.3, -0.25) is 0 Å². The van der Waals surface area contributed by atoms with Crippen molar-refractivity contribution < 1.29 is 18.9 Å². The van der Waals surface area contributed by atoms with Gasteiger partial charge in [-0.05, 0) is 169 Å². The molecule has 0 amide bonds. The molecule has 15 rings (SSSR count). The minimum atomic E-state index is -0.147. The topological polar surface area (TPSA) is 43.4 Å². The lowest BCUT2D eigenvalue weighted by Gasteiger charge is -2.45. The third-order valence-corrected chi connectivity index (χ3v) is 22.8. The largest absolute Gasteiger partial charge is 0.457 e. The van der Waals surface area contributed by atoms with E-state index < -0.39 is 0 Å². The normalized spacial score (nSPS) is 17.7. The van der Waals surface area contributed by atoms with Gasteiger partial charge in [0.05, 0.1) is 0 Å². The molecule has 422 valence electrons. The number of rotatable bonds is 6. The zero-order valence-corrected chi connectivity index (χ0v) is 52.8. The van der Waals surface area contributed by atoms with Gasteiger partial charge in [0.1, 0.15) is 46.0 Å². The summed E-state index contributed by atoms with van der Waals surface area (Å²) in [6, 6.07) is 53.7. The zero-order valence-electron chi connectivity index (χ0n) is 51.2. The number of ether oxygens (including phenoxy) is 4. The van der Waals surface area contributed by atoms with E-state index in [0.29, 0.717) is 0 Å². The van der Waals surface area contributed by atoms with Gasteiger partial charge < -0.3 is 28.7 Å². The van der Waals surface area contributed by atoms with Gasteiger partial charge in [-0.1, -0.05) is 152 Å². The molecule has 0 unspecified atom stereocenters. The van der Waals surface area contributed by atoms with E-state index in [1.807, 2.05) is 83.3 Å². The fourth-order valence-corrected chi connectivity index (χ4v) is 17.1. The second-order valence-electron chi connectivity index (χ2n) is 29.4. The molecule has 84 heavy (non-hydrogen) atoms. The fourth-order valence-electron chi connectivity index (χ4n) is 14.5. The number of thiophene rings is 2. The second-order valence-corrected chi connectivity index (χ2v) is 31.6. The highest BCUT2D eigenvalue weighted by molar-refractivity contribution is 7.29. The van der Waals surface area contributed by atoms with Crippen LogP contribution in [0.2, 0.25) is 0 Å².